The van der Waals surface area contributed by atoms with Crippen LogP contribution in [-0.4, -0.2) is 27.9 Å². The summed E-state index contributed by atoms with van der Waals surface area (Å²) in [6, 6.07) is 2.48. The van der Waals surface area contributed by atoms with E-state index < -0.39 is 0 Å². The Morgan fingerprint density at radius 2 is 2.05 bits per heavy atom. The van der Waals surface area contributed by atoms with Gasteiger partial charge in [-0.25, -0.2) is 4.98 Å². The largest absolute Gasteiger partial charge is 0.383 e. The molecule has 0 saturated carbocycles. The van der Waals surface area contributed by atoms with Gasteiger partial charge in [-0.05, 0) is 47.9 Å². The first kappa shape index (κ1) is 12.6. The number of hydrogen-bond acceptors (Lipinski definition) is 4. The van der Waals surface area contributed by atoms with Gasteiger partial charge in [0.2, 0.25) is 0 Å². The van der Waals surface area contributed by atoms with Crippen LogP contribution in [0, 0.1) is 0 Å². The number of hydrogen-bond donors (Lipinski definition) is 2. The fourth-order valence-electron chi connectivity index (χ4n) is 2.36. The van der Waals surface area contributed by atoms with Crippen LogP contribution in [0.4, 0.5) is 5.82 Å². The van der Waals surface area contributed by atoms with E-state index in [1.165, 1.54) is 0 Å². The molecular weight excluding hydrogens is 306 g/mol. The predicted octanol–water partition coefficient (Wildman–Crippen LogP) is 2.21. The molecule has 1 aliphatic heterocycles. The van der Waals surface area contributed by atoms with Crippen molar-refractivity contribution in [1.29, 1.82) is 0 Å². The highest BCUT2D eigenvalue weighted by molar-refractivity contribution is 9.10. The highest BCUT2D eigenvalue weighted by atomic mass is 79.9. The van der Waals surface area contributed by atoms with E-state index in [4.69, 9.17) is 5.73 Å². The van der Waals surface area contributed by atoms with Crippen LogP contribution in [-0.2, 0) is 0 Å². The average molecular weight is 322 g/mol. The molecule has 0 spiro atoms. The van der Waals surface area contributed by atoms with Gasteiger partial charge >= 0.3 is 0 Å². The first-order valence-corrected chi connectivity index (χ1v) is 7.19. The average Bonchev–Trinajstić information content (AvgIpc) is 2.93. The number of nitrogen functional groups attached to an aromatic ring is 1. The smallest absolute Gasteiger partial charge is 0.137 e. The number of rotatable bonds is 2. The van der Waals surface area contributed by atoms with Crippen LogP contribution in [0.3, 0.4) is 0 Å². The molecule has 1 saturated heterocycles. The van der Waals surface area contributed by atoms with Crippen LogP contribution >= 0.6 is 15.9 Å². The maximum Gasteiger partial charge on any atom is 0.137 e. The Labute approximate surface area is 120 Å². The molecule has 0 unspecified atom stereocenters. The third-order valence-electron chi connectivity index (χ3n) is 3.49. The Bertz CT molecular complexity index is 574. The van der Waals surface area contributed by atoms with Gasteiger partial charge in [0.05, 0.1) is 16.7 Å². The summed E-state index contributed by atoms with van der Waals surface area (Å²) < 4.78 is 2.89. The Hall–Kier alpha value is -1.40. The second kappa shape index (κ2) is 5.30. The molecule has 19 heavy (non-hydrogen) atoms. The zero-order chi connectivity index (χ0) is 13.2. The molecule has 3 N–H and O–H groups in total. The highest BCUT2D eigenvalue weighted by Crippen LogP contribution is 2.26. The maximum absolute atomic E-state index is 5.70. The minimum atomic E-state index is 0.500. The van der Waals surface area contributed by atoms with E-state index >= 15 is 0 Å². The molecule has 0 aliphatic carbocycles. The van der Waals surface area contributed by atoms with E-state index in [0.29, 0.717) is 11.9 Å². The molecule has 1 fully saturated rings. The third-order valence-corrected chi connectivity index (χ3v) is 4.12. The van der Waals surface area contributed by atoms with Crippen LogP contribution in [0.5, 0.6) is 0 Å². The quantitative estimate of drug-likeness (QED) is 0.889. The van der Waals surface area contributed by atoms with Crippen LogP contribution in [0.1, 0.15) is 18.9 Å². The van der Waals surface area contributed by atoms with Gasteiger partial charge in [0.25, 0.3) is 0 Å². The van der Waals surface area contributed by atoms with E-state index in [-0.39, 0.29) is 0 Å². The summed E-state index contributed by atoms with van der Waals surface area (Å²) >= 11 is 3.40. The lowest BCUT2D eigenvalue weighted by Gasteiger charge is -2.22. The van der Waals surface area contributed by atoms with Crippen LogP contribution in [0.2, 0.25) is 0 Å². The Morgan fingerprint density at radius 1 is 1.26 bits per heavy atom. The first-order chi connectivity index (χ1) is 9.24. The van der Waals surface area contributed by atoms with E-state index in [9.17, 15) is 0 Å². The van der Waals surface area contributed by atoms with E-state index in [2.05, 4.69) is 42.2 Å². The van der Waals surface area contributed by atoms with E-state index in [1.807, 2.05) is 12.3 Å². The zero-order valence-electron chi connectivity index (χ0n) is 10.5. The van der Waals surface area contributed by atoms with Crippen molar-refractivity contribution in [3.05, 3.63) is 29.1 Å². The number of pyridine rings is 1. The lowest BCUT2D eigenvalue weighted by Crippen LogP contribution is -2.29. The highest BCUT2D eigenvalue weighted by Gasteiger charge is 2.16. The van der Waals surface area contributed by atoms with Gasteiger partial charge in [-0.15, -0.1) is 0 Å². The molecule has 3 rings (SSSR count). The number of anilines is 1. The monoisotopic (exact) mass is 321 g/mol. The molecule has 3 heterocycles. The van der Waals surface area contributed by atoms with Gasteiger partial charge in [0, 0.05) is 23.5 Å². The first-order valence-electron chi connectivity index (χ1n) is 6.40. The van der Waals surface area contributed by atoms with Crippen LogP contribution in [0.15, 0.2) is 29.1 Å². The summed E-state index contributed by atoms with van der Waals surface area (Å²) in [5, 5.41) is 7.85. The van der Waals surface area contributed by atoms with Crippen molar-refractivity contribution in [3.8, 4) is 11.1 Å². The van der Waals surface area contributed by atoms with Gasteiger partial charge in [-0.1, -0.05) is 0 Å². The topological polar surface area (TPSA) is 68.8 Å². The lowest BCUT2D eigenvalue weighted by atomic mass is 10.1. The number of nitrogens with zero attached hydrogens (tertiary/aromatic N) is 3. The molecule has 0 amide bonds. The van der Waals surface area contributed by atoms with E-state index in [1.54, 1.807) is 6.20 Å². The van der Waals surface area contributed by atoms with Crippen molar-refractivity contribution >= 4 is 21.7 Å². The summed E-state index contributed by atoms with van der Waals surface area (Å²) in [4.78, 5) is 4.16. The van der Waals surface area contributed by atoms with Crippen molar-refractivity contribution in [2.75, 3.05) is 18.8 Å². The Kier molecular flexibility index (Phi) is 3.52. The van der Waals surface area contributed by atoms with Gasteiger partial charge in [-0.3, -0.25) is 4.68 Å². The van der Waals surface area contributed by atoms with Crippen molar-refractivity contribution in [1.82, 2.24) is 20.1 Å². The molecule has 5 nitrogen and oxygen atoms in total. The summed E-state index contributed by atoms with van der Waals surface area (Å²) in [5.74, 6) is 0.509. The predicted molar refractivity (Wildman–Crippen MR) is 78.7 cm³/mol. The molecule has 0 aromatic carbocycles. The number of aromatic nitrogens is 3. The number of halogens is 1. The summed E-state index contributed by atoms with van der Waals surface area (Å²) in [5.41, 5.74) is 7.81. The SMILES string of the molecule is Nc1ncc(-c2cnn(C3CCNCC3)c2)cc1Br. The second-order valence-corrected chi connectivity index (χ2v) is 5.64. The molecule has 100 valence electrons. The van der Waals surface area contributed by atoms with Gasteiger partial charge in [0.15, 0.2) is 0 Å². The van der Waals surface area contributed by atoms with Gasteiger partial charge < -0.3 is 11.1 Å². The molecule has 2 aromatic rings. The molecular formula is C13H16BrN5. The molecule has 1 aliphatic rings. The molecule has 6 heteroatoms. The molecule has 0 radical (unpaired) electrons. The van der Waals surface area contributed by atoms with Crippen molar-refractivity contribution in [2.24, 2.45) is 0 Å². The molecule has 0 bridgehead atoms. The minimum Gasteiger partial charge on any atom is -0.383 e. The van der Waals surface area contributed by atoms with Crippen molar-refractivity contribution in [2.45, 2.75) is 18.9 Å². The number of nitrogens with one attached hydrogen (secondary N) is 1. The standard InChI is InChI=1S/C13H16BrN5/c14-12-5-9(6-17-13(12)15)10-7-18-19(8-10)11-1-3-16-4-2-11/h5-8,11,16H,1-4H2,(H2,15,17). The number of piperidine rings is 1. The number of nitrogens with two attached hydrogens (primary N) is 1. The lowest BCUT2D eigenvalue weighted by molar-refractivity contribution is 0.343. The third kappa shape index (κ3) is 2.64. The van der Waals surface area contributed by atoms with Crippen molar-refractivity contribution in [3.63, 3.8) is 0 Å². The molecule has 0 atom stereocenters. The van der Waals surface area contributed by atoms with Crippen molar-refractivity contribution < 1.29 is 0 Å². The minimum absolute atomic E-state index is 0.500. The van der Waals surface area contributed by atoms with Gasteiger partial charge in [-0.2, -0.15) is 5.10 Å². The summed E-state index contributed by atoms with van der Waals surface area (Å²) in [6.45, 7) is 2.13. The zero-order valence-corrected chi connectivity index (χ0v) is 12.1. The normalized spacial score (nSPS) is 16.7. The summed E-state index contributed by atoms with van der Waals surface area (Å²) in [6.07, 6.45) is 8.02. The fraction of sp³-hybridized carbons (Fsp3) is 0.385. The maximum atomic E-state index is 5.70. The fourth-order valence-corrected chi connectivity index (χ4v) is 2.71. The summed E-state index contributed by atoms with van der Waals surface area (Å²) in [7, 11) is 0. The van der Waals surface area contributed by atoms with Crippen LogP contribution in [0.25, 0.3) is 11.1 Å². The Morgan fingerprint density at radius 3 is 2.79 bits per heavy atom. The van der Waals surface area contributed by atoms with Gasteiger partial charge in [0.1, 0.15) is 5.82 Å². The van der Waals surface area contributed by atoms with E-state index in [0.717, 1.165) is 41.5 Å². The Balaban J connectivity index is 1.85. The molecule has 2 aromatic heterocycles. The van der Waals surface area contributed by atoms with Crippen LogP contribution < -0.4 is 11.1 Å². The second-order valence-electron chi connectivity index (χ2n) is 4.78.